The lowest BCUT2D eigenvalue weighted by Gasteiger charge is -1.90. The zero-order chi connectivity index (χ0) is 9.47. The van der Waals surface area contributed by atoms with Gasteiger partial charge in [-0.15, -0.1) is 3.89 Å². The van der Waals surface area contributed by atoms with Crippen molar-refractivity contribution in [3.8, 4) is 0 Å². The molecule has 0 amide bonds. The van der Waals surface area contributed by atoms with E-state index in [1.165, 1.54) is 18.3 Å². The second-order valence-corrected chi connectivity index (χ2v) is 3.66. The number of hydrogen-bond acceptors (Lipinski definition) is 4. The predicted molar refractivity (Wildman–Crippen MR) is 41.3 cm³/mol. The zero-order valence-corrected chi connectivity index (χ0v) is 7.07. The SMILES string of the molecule is O=S(=O)(F)c1cnn2ncccc12. The minimum Gasteiger partial charge on any atom is -0.189 e. The van der Waals surface area contributed by atoms with Gasteiger partial charge < -0.3 is 0 Å². The first kappa shape index (κ1) is 8.11. The molecule has 0 aliphatic carbocycles. The Morgan fingerprint density at radius 1 is 1.38 bits per heavy atom. The first-order chi connectivity index (χ1) is 6.09. The summed E-state index contributed by atoms with van der Waals surface area (Å²) in [4.78, 5) is -0.458. The molecule has 0 spiro atoms. The van der Waals surface area contributed by atoms with Crippen molar-refractivity contribution >= 4 is 15.7 Å². The van der Waals surface area contributed by atoms with Crippen molar-refractivity contribution in [3.05, 3.63) is 24.5 Å². The van der Waals surface area contributed by atoms with Crippen LogP contribution < -0.4 is 0 Å². The third-order valence-electron chi connectivity index (χ3n) is 1.53. The summed E-state index contributed by atoms with van der Waals surface area (Å²) in [6.45, 7) is 0. The summed E-state index contributed by atoms with van der Waals surface area (Å²) in [5.74, 6) is 0. The van der Waals surface area contributed by atoms with E-state index in [2.05, 4.69) is 10.2 Å². The first-order valence-electron chi connectivity index (χ1n) is 3.33. The fourth-order valence-corrected chi connectivity index (χ4v) is 1.57. The summed E-state index contributed by atoms with van der Waals surface area (Å²) in [5.41, 5.74) is 0.130. The van der Waals surface area contributed by atoms with Gasteiger partial charge in [-0.1, -0.05) is 0 Å². The van der Waals surface area contributed by atoms with Gasteiger partial charge in [0.2, 0.25) is 0 Å². The highest BCUT2D eigenvalue weighted by molar-refractivity contribution is 7.86. The fraction of sp³-hybridized carbons (Fsp3) is 0. The largest absolute Gasteiger partial charge is 0.335 e. The van der Waals surface area contributed by atoms with Crippen LogP contribution in [0.5, 0.6) is 0 Å². The van der Waals surface area contributed by atoms with E-state index in [4.69, 9.17) is 0 Å². The third-order valence-corrected chi connectivity index (χ3v) is 2.37. The molecule has 2 aromatic rings. The molecule has 7 heteroatoms. The first-order valence-corrected chi connectivity index (χ1v) is 4.71. The Balaban J connectivity index is 2.87. The van der Waals surface area contributed by atoms with Gasteiger partial charge in [0, 0.05) is 6.20 Å². The predicted octanol–water partition coefficient (Wildman–Crippen LogP) is 0.387. The fourth-order valence-electron chi connectivity index (χ4n) is 0.999. The second-order valence-electron chi connectivity index (χ2n) is 2.35. The molecule has 5 nitrogen and oxygen atoms in total. The molecule has 0 aromatic carbocycles. The highest BCUT2D eigenvalue weighted by Gasteiger charge is 2.18. The van der Waals surface area contributed by atoms with Gasteiger partial charge >= 0.3 is 10.2 Å². The number of hydrogen-bond donors (Lipinski definition) is 0. The van der Waals surface area contributed by atoms with E-state index < -0.39 is 15.1 Å². The van der Waals surface area contributed by atoms with Crippen LogP contribution in [0, 0.1) is 0 Å². The quantitative estimate of drug-likeness (QED) is 0.626. The summed E-state index contributed by atoms with van der Waals surface area (Å²) in [7, 11) is -4.71. The number of nitrogens with zero attached hydrogens (tertiary/aromatic N) is 3. The number of aromatic nitrogens is 3. The van der Waals surface area contributed by atoms with Gasteiger partial charge in [-0.3, -0.25) is 0 Å². The topological polar surface area (TPSA) is 64.3 Å². The molecular formula is C6H4FN3O2S. The van der Waals surface area contributed by atoms with Gasteiger partial charge in [0.05, 0.1) is 6.20 Å². The lowest BCUT2D eigenvalue weighted by molar-refractivity contribution is 0.553. The molecule has 0 radical (unpaired) electrons. The van der Waals surface area contributed by atoms with Crippen LogP contribution in [0.15, 0.2) is 29.4 Å². The van der Waals surface area contributed by atoms with Crippen molar-refractivity contribution in [1.82, 2.24) is 14.8 Å². The van der Waals surface area contributed by atoms with Crippen molar-refractivity contribution in [2.45, 2.75) is 4.90 Å². The van der Waals surface area contributed by atoms with Crippen molar-refractivity contribution < 1.29 is 12.3 Å². The molecule has 0 N–H and O–H groups in total. The number of fused-ring (bicyclic) bond motifs is 1. The summed E-state index contributed by atoms with van der Waals surface area (Å²) < 4.78 is 34.7. The van der Waals surface area contributed by atoms with Crippen LogP contribution >= 0.6 is 0 Å². The Kier molecular flexibility index (Phi) is 1.56. The lowest BCUT2D eigenvalue weighted by atomic mass is 10.5. The van der Waals surface area contributed by atoms with Crippen LogP contribution in [0.25, 0.3) is 5.52 Å². The highest BCUT2D eigenvalue weighted by Crippen LogP contribution is 2.16. The van der Waals surface area contributed by atoms with E-state index in [0.717, 1.165) is 10.8 Å². The van der Waals surface area contributed by atoms with Crippen molar-refractivity contribution in [2.75, 3.05) is 0 Å². The molecule has 0 aliphatic heterocycles. The molecule has 2 rings (SSSR count). The zero-order valence-electron chi connectivity index (χ0n) is 6.25. The summed E-state index contributed by atoms with van der Waals surface area (Å²) in [5, 5.41) is 7.26. The highest BCUT2D eigenvalue weighted by atomic mass is 32.3. The van der Waals surface area contributed by atoms with Crippen LogP contribution in [0.2, 0.25) is 0 Å². The molecule has 0 bridgehead atoms. The molecule has 2 aromatic heterocycles. The van der Waals surface area contributed by atoms with Crippen molar-refractivity contribution in [3.63, 3.8) is 0 Å². The summed E-state index contributed by atoms with van der Waals surface area (Å²) in [6.07, 6.45) is 2.35. The maximum atomic E-state index is 12.6. The average molecular weight is 201 g/mol. The molecule has 0 saturated heterocycles. The van der Waals surface area contributed by atoms with Gasteiger partial charge in [0.1, 0.15) is 10.4 Å². The third kappa shape index (κ3) is 1.26. The smallest absolute Gasteiger partial charge is 0.189 e. The minimum atomic E-state index is -4.71. The van der Waals surface area contributed by atoms with E-state index >= 15 is 0 Å². The normalized spacial score (nSPS) is 12.1. The van der Waals surface area contributed by atoms with E-state index in [9.17, 15) is 12.3 Å². The molecule has 2 heterocycles. The monoisotopic (exact) mass is 201 g/mol. The van der Waals surface area contributed by atoms with Gasteiger partial charge in [0.15, 0.2) is 0 Å². The van der Waals surface area contributed by atoms with Crippen molar-refractivity contribution in [1.29, 1.82) is 0 Å². The van der Waals surface area contributed by atoms with Gasteiger partial charge in [-0.05, 0) is 12.1 Å². The van der Waals surface area contributed by atoms with Crippen LogP contribution in [0.1, 0.15) is 0 Å². The number of rotatable bonds is 1. The van der Waals surface area contributed by atoms with Gasteiger partial charge in [0.25, 0.3) is 0 Å². The van der Waals surface area contributed by atoms with Crippen LogP contribution in [0.3, 0.4) is 0 Å². The Labute approximate surface area is 73.0 Å². The Hall–Kier alpha value is -1.50. The molecule has 68 valence electrons. The van der Waals surface area contributed by atoms with Gasteiger partial charge in [-0.25, -0.2) is 0 Å². The van der Waals surface area contributed by atoms with Gasteiger partial charge in [-0.2, -0.15) is 23.2 Å². The Morgan fingerprint density at radius 2 is 2.15 bits per heavy atom. The maximum absolute atomic E-state index is 12.6. The second kappa shape index (κ2) is 2.49. The van der Waals surface area contributed by atoms with E-state index in [1.807, 2.05) is 0 Å². The average Bonchev–Trinajstić information content (AvgIpc) is 2.45. The molecule has 0 fully saturated rings. The molecule has 0 aliphatic rings. The number of halogens is 1. The lowest BCUT2D eigenvalue weighted by Crippen LogP contribution is -1.93. The van der Waals surface area contributed by atoms with Crippen LogP contribution in [0.4, 0.5) is 3.89 Å². The molecule has 13 heavy (non-hydrogen) atoms. The minimum absolute atomic E-state index is 0.130. The molecular weight excluding hydrogens is 197 g/mol. The van der Waals surface area contributed by atoms with Crippen LogP contribution in [-0.4, -0.2) is 23.2 Å². The summed E-state index contributed by atoms with van der Waals surface area (Å²) >= 11 is 0. The Morgan fingerprint density at radius 3 is 2.85 bits per heavy atom. The molecule has 0 saturated carbocycles. The van der Waals surface area contributed by atoms with E-state index in [-0.39, 0.29) is 5.52 Å². The Bertz CT molecular complexity index is 548. The maximum Gasteiger partial charge on any atom is 0.335 e. The standard InChI is InChI=1S/C6H4FN3O2S/c7-13(11,12)6-4-9-10-5(6)2-1-3-8-10/h1-4H. The summed E-state index contributed by atoms with van der Waals surface area (Å²) in [6, 6.07) is 2.93. The van der Waals surface area contributed by atoms with Crippen LogP contribution in [-0.2, 0) is 10.2 Å². The molecule has 0 atom stereocenters. The van der Waals surface area contributed by atoms with Crippen molar-refractivity contribution in [2.24, 2.45) is 0 Å². The van der Waals surface area contributed by atoms with E-state index in [1.54, 1.807) is 0 Å². The van der Waals surface area contributed by atoms with E-state index in [0.29, 0.717) is 0 Å². The molecule has 0 unspecified atom stereocenters.